The molecule has 0 spiro atoms. The van der Waals surface area contributed by atoms with Crippen LogP contribution in [0.25, 0.3) is 11.0 Å². The van der Waals surface area contributed by atoms with Crippen LogP contribution in [-0.2, 0) is 17.8 Å². The third kappa shape index (κ3) is 3.09. The average Bonchev–Trinajstić information content (AvgIpc) is 3.31. The lowest BCUT2D eigenvalue weighted by Crippen LogP contribution is -2.32. The summed E-state index contributed by atoms with van der Waals surface area (Å²) in [5, 5.41) is 0. The van der Waals surface area contributed by atoms with Crippen molar-refractivity contribution in [1.29, 1.82) is 0 Å². The highest BCUT2D eigenvalue weighted by molar-refractivity contribution is 5.78. The summed E-state index contributed by atoms with van der Waals surface area (Å²) < 4.78 is 2.25. The van der Waals surface area contributed by atoms with E-state index in [1.165, 1.54) is 0 Å². The molecule has 0 saturated carbocycles. The molecule has 1 atom stereocenters. The van der Waals surface area contributed by atoms with Gasteiger partial charge in [-0.1, -0.05) is 18.2 Å². The number of likely N-dealkylation sites (tertiary alicyclic amines) is 1. The van der Waals surface area contributed by atoms with Crippen molar-refractivity contribution < 1.29 is 4.79 Å². The summed E-state index contributed by atoms with van der Waals surface area (Å²) in [4.78, 5) is 24.1. The summed E-state index contributed by atoms with van der Waals surface area (Å²) in [6.45, 7) is 3.82. The Morgan fingerprint density at radius 3 is 2.85 bits per heavy atom. The van der Waals surface area contributed by atoms with Crippen LogP contribution in [0, 0.1) is 0 Å². The van der Waals surface area contributed by atoms with Crippen LogP contribution in [0.3, 0.4) is 0 Å². The highest BCUT2D eigenvalue weighted by atomic mass is 16.2. The largest absolute Gasteiger partial charge is 0.332 e. The Bertz CT molecular complexity index is 903. The zero-order valence-electron chi connectivity index (χ0n) is 15.1. The minimum absolute atomic E-state index is 0.0820. The summed E-state index contributed by atoms with van der Waals surface area (Å²) in [6.07, 6.45) is 4.99. The van der Waals surface area contributed by atoms with Gasteiger partial charge in [-0.05, 0) is 50.5 Å². The molecule has 2 aromatic heterocycles. The number of amides is 1. The van der Waals surface area contributed by atoms with E-state index in [4.69, 9.17) is 4.98 Å². The number of hydrogen-bond donors (Lipinski definition) is 0. The van der Waals surface area contributed by atoms with Crippen LogP contribution >= 0.6 is 0 Å². The molecule has 1 aromatic carbocycles. The van der Waals surface area contributed by atoms with Crippen molar-refractivity contribution in [1.82, 2.24) is 19.4 Å². The smallest absolute Gasteiger partial charge is 0.223 e. The molecule has 4 rings (SSSR count). The van der Waals surface area contributed by atoms with Crippen LogP contribution < -0.4 is 0 Å². The lowest BCUT2D eigenvalue weighted by atomic mass is 10.1. The van der Waals surface area contributed by atoms with Crippen LogP contribution in [0.5, 0.6) is 0 Å². The number of carbonyl (C=O) groups is 1. The lowest BCUT2D eigenvalue weighted by molar-refractivity contribution is -0.132. The Hall–Kier alpha value is -2.69. The number of carbonyl (C=O) groups excluding carboxylic acids is 1. The number of rotatable bonds is 5. The third-order valence-corrected chi connectivity index (χ3v) is 5.19. The fourth-order valence-electron chi connectivity index (χ4n) is 3.94. The van der Waals surface area contributed by atoms with Crippen molar-refractivity contribution in [3.63, 3.8) is 0 Å². The number of pyridine rings is 1. The standard InChI is InChI=1S/C21H24N4O/c1-2-24-18-10-4-3-9-17(18)23-21(24)19-11-7-15-25(19)20(26)13-12-16-8-5-6-14-22-16/h3-6,8-10,14,19H,2,7,11-13,15H2,1H3/t19-/m1/s1. The first kappa shape index (κ1) is 16.8. The Morgan fingerprint density at radius 1 is 1.19 bits per heavy atom. The molecule has 1 amide bonds. The molecule has 0 aliphatic carbocycles. The number of para-hydroxylation sites is 2. The van der Waals surface area contributed by atoms with Gasteiger partial charge in [-0.15, -0.1) is 0 Å². The van der Waals surface area contributed by atoms with Crippen molar-refractivity contribution in [3.05, 3.63) is 60.2 Å². The van der Waals surface area contributed by atoms with E-state index in [0.29, 0.717) is 12.8 Å². The number of nitrogens with zero attached hydrogens (tertiary/aromatic N) is 4. The predicted molar refractivity (Wildman–Crippen MR) is 102 cm³/mol. The van der Waals surface area contributed by atoms with E-state index in [2.05, 4.69) is 22.5 Å². The van der Waals surface area contributed by atoms with Gasteiger partial charge in [0.15, 0.2) is 0 Å². The first-order valence-corrected chi connectivity index (χ1v) is 9.42. The molecule has 3 aromatic rings. The fraction of sp³-hybridized carbons (Fsp3) is 0.381. The molecular weight excluding hydrogens is 324 g/mol. The molecule has 3 heterocycles. The molecule has 1 saturated heterocycles. The summed E-state index contributed by atoms with van der Waals surface area (Å²) in [5.74, 6) is 1.23. The minimum Gasteiger partial charge on any atom is -0.332 e. The molecular formula is C21H24N4O. The summed E-state index contributed by atoms with van der Waals surface area (Å²) in [5.41, 5.74) is 3.13. The number of aryl methyl sites for hydroxylation is 2. The minimum atomic E-state index is 0.0820. The SMILES string of the molecule is CCn1c([C@H]2CCCN2C(=O)CCc2ccccn2)nc2ccccc21. The van der Waals surface area contributed by atoms with E-state index in [1.54, 1.807) is 6.20 Å². The van der Waals surface area contributed by atoms with Gasteiger partial charge < -0.3 is 9.47 Å². The van der Waals surface area contributed by atoms with Crippen molar-refractivity contribution in [2.45, 2.75) is 45.2 Å². The molecule has 5 nitrogen and oxygen atoms in total. The molecule has 0 N–H and O–H groups in total. The molecule has 5 heteroatoms. The third-order valence-electron chi connectivity index (χ3n) is 5.19. The number of benzene rings is 1. The maximum Gasteiger partial charge on any atom is 0.223 e. The molecule has 0 bridgehead atoms. The van der Waals surface area contributed by atoms with Crippen LogP contribution in [0.1, 0.15) is 43.7 Å². The quantitative estimate of drug-likeness (QED) is 0.706. The Morgan fingerprint density at radius 2 is 2.04 bits per heavy atom. The Kier molecular flexibility index (Phi) is 4.69. The van der Waals surface area contributed by atoms with Gasteiger partial charge in [-0.3, -0.25) is 9.78 Å². The Balaban J connectivity index is 1.56. The zero-order valence-corrected chi connectivity index (χ0v) is 15.1. The van der Waals surface area contributed by atoms with Gasteiger partial charge in [0.1, 0.15) is 5.82 Å². The first-order chi connectivity index (χ1) is 12.8. The van der Waals surface area contributed by atoms with Gasteiger partial charge in [0.05, 0.1) is 17.1 Å². The Labute approximate surface area is 153 Å². The van der Waals surface area contributed by atoms with E-state index >= 15 is 0 Å². The maximum atomic E-state index is 12.9. The summed E-state index contributed by atoms with van der Waals surface area (Å²) in [7, 11) is 0. The number of aromatic nitrogens is 3. The van der Waals surface area contributed by atoms with Gasteiger partial charge >= 0.3 is 0 Å². The second kappa shape index (κ2) is 7.28. The van der Waals surface area contributed by atoms with Crippen molar-refractivity contribution >= 4 is 16.9 Å². The monoisotopic (exact) mass is 348 g/mol. The van der Waals surface area contributed by atoms with Crippen LogP contribution in [0.2, 0.25) is 0 Å². The van der Waals surface area contributed by atoms with E-state index in [9.17, 15) is 4.79 Å². The normalized spacial score (nSPS) is 17.1. The second-order valence-electron chi connectivity index (χ2n) is 6.77. The van der Waals surface area contributed by atoms with Crippen LogP contribution in [0.4, 0.5) is 0 Å². The first-order valence-electron chi connectivity index (χ1n) is 9.42. The molecule has 0 radical (unpaired) electrons. The zero-order chi connectivity index (χ0) is 17.9. The summed E-state index contributed by atoms with van der Waals surface area (Å²) in [6, 6.07) is 14.1. The fourth-order valence-corrected chi connectivity index (χ4v) is 3.94. The van der Waals surface area contributed by atoms with Crippen LogP contribution in [0.15, 0.2) is 48.7 Å². The maximum absolute atomic E-state index is 12.9. The average molecular weight is 348 g/mol. The summed E-state index contributed by atoms with van der Waals surface area (Å²) >= 11 is 0. The predicted octanol–water partition coefficient (Wildman–Crippen LogP) is 3.75. The van der Waals surface area contributed by atoms with Gasteiger partial charge in [0.2, 0.25) is 5.91 Å². The molecule has 0 unspecified atom stereocenters. The number of hydrogen-bond acceptors (Lipinski definition) is 3. The van der Waals surface area contributed by atoms with Gasteiger partial charge in [-0.25, -0.2) is 4.98 Å². The molecule has 26 heavy (non-hydrogen) atoms. The van der Waals surface area contributed by atoms with E-state index in [-0.39, 0.29) is 11.9 Å². The van der Waals surface area contributed by atoms with Crippen molar-refractivity contribution in [3.8, 4) is 0 Å². The molecule has 1 fully saturated rings. The second-order valence-corrected chi connectivity index (χ2v) is 6.77. The van der Waals surface area contributed by atoms with Gasteiger partial charge in [-0.2, -0.15) is 0 Å². The topological polar surface area (TPSA) is 51.0 Å². The van der Waals surface area contributed by atoms with E-state index in [0.717, 1.165) is 48.5 Å². The van der Waals surface area contributed by atoms with Crippen molar-refractivity contribution in [2.75, 3.05) is 6.54 Å². The molecule has 134 valence electrons. The molecule has 1 aliphatic heterocycles. The molecule has 1 aliphatic rings. The number of imidazole rings is 1. The van der Waals surface area contributed by atoms with Crippen LogP contribution in [-0.4, -0.2) is 31.9 Å². The van der Waals surface area contributed by atoms with E-state index in [1.807, 2.05) is 41.3 Å². The highest BCUT2D eigenvalue weighted by Crippen LogP contribution is 2.34. The van der Waals surface area contributed by atoms with E-state index < -0.39 is 0 Å². The highest BCUT2D eigenvalue weighted by Gasteiger charge is 2.33. The van der Waals surface area contributed by atoms with Gasteiger partial charge in [0, 0.05) is 31.4 Å². The number of fused-ring (bicyclic) bond motifs is 1. The van der Waals surface area contributed by atoms with Gasteiger partial charge in [0.25, 0.3) is 0 Å². The lowest BCUT2D eigenvalue weighted by Gasteiger charge is -2.25. The van der Waals surface area contributed by atoms with Crippen molar-refractivity contribution in [2.24, 2.45) is 0 Å².